The van der Waals surface area contributed by atoms with Crippen LogP contribution in [0.15, 0.2) is 0 Å². The van der Waals surface area contributed by atoms with E-state index in [0.717, 1.165) is 12.3 Å². The fourth-order valence-electron chi connectivity index (χ4n) is 2.02. The van der Waals surface area contributed by atoms with Crippen molar-refractivity contribution < 1.29 is 5.11 Å². The molecule has 0 aromatic carbocycles. The average Bonchev–Trinajstić information content (AvgIpc) is 2.16. The molecule has 2 unspecified atom stereocenters. The van der Waals surface area contributed by atoms with Gasteiger partial charge >= 0.3 is 0 Å². The minimum atomic E-state index is 0.112. The lowest BCUT2D eigenvalue weighted by Gasteiger charge is -2.20. The van der Waals surface area contributed by atoms with E-state index in [9.17, 15) is 5.11 Å². The summed E-state index contributed by atoms with van der Waals surface area (Å²) in [7, 11) is 0. The SMILES string of the molecule is CCCC(CC)CC(CC)CC[O]. The minimum absolute atomic E-state index is 0.112. The van der Waals surface area contributed by atoms with E-state index in [1.165, 1.54) is 32.1 Å². The summed E-state index contributed by atoms with van der Waals surface area (Å²) in [5.41, 5.74) is 0. The molecule has 0 amide bonds. The average molecular weight is 185 g/mol. The quantitative estimate of drug-likeness (QED) is 0.543. The number of hydrogen-bond acceptors (Lipinski definition) is 0. The topological polar surface area (TPSA) is 19.9 Å². The number of hydrogen-bond donors (Lipinski definition) is 0. The summed E-state index contributed by atoms with van der Waals surface area (Å²) < 4.78 is 0. The molecule has 0 aromatic heterocycles. The summed E-state index contributed by atoms with van der Waals surface area (Å²) in [5, 5.41) is 10.5. The Balaban J connectivity index is 3.73. The first-order valence-electron chi connectivity index (χ1n) is 5.86. The molecule has 2 atom stereocenters. The molecule has 0 rings (SSSR count). The van der Waals surface area contributed by atoms with E-state index in [1.54, 1.807) is 0 Å². The Hall–Kier alpha value is -0.0400. The maximum Gasteiger partial charge on any atom is 0.0825 e. The van der Waals surface area contributed by atoms with E-state index in [1.807, 2.05) is 0 Å². The van der Waals surface area contributed by atoms with Gasteiger partial charge in [-0.1, -0.05) is 46.5 Å². The predicted molar refractivity (Wildman–Crippen MR) is 57.3 cm³/mol. The van der Waals surface area contributed by atoms with Crippen molar-refractivity contribution in [3.8, 4) is 0 Å². The van der Waals surface area contributed by atoms with Gasteiger partial charge in [-0.3, -0.25) is 0 Å². The van der Waals surface area contributed by atoms with E-state index in [4.69, 9.17) is 0 Å². The molecule has 0 spiro atoms. The monoisotopic (exact) mass is 185 g/mol. The zero-order valence-corrected chi connectivity index (χ0v) is 9.51. The van der Waals surface area contributed by atoms with Crippen molar-refractivity contribution in [2.75, 3.05) is 6.61 Å². The van der Waals surface area contributed by atoms with E-state index >= 15 is 0 Å². The van der Waals surface area contributed by atoms with Gasteiger partial charge in [0.1, 0.15) is 0 Å². The van der Waals surface area contributed by atoms with Gasteiger partial charge < -0.3 is 0 Å². The van der Waals surface area contributed by atoms with Gasteiger partial charge in [0.2, 0.25) is 0 Å². The van der Waals surface area contributed by atoms with Crippen LogP contribution in [0.4, 0.5) is 0 Å². The van der Waals surface area contributed by atoms with Crippen molar-refractivity contribution in [3.63, 3.8) is 0 Å². The van der Waals surface area contributed by atoms with Crippen LogP contribution >= 0.6 is 0 Å². The minimum Gasteiger partial charge on any atom is -0.237 e. The fourth-order valence-corrected chi connectivity index (χ4v) is 2.02. The normalized spacial score (nSPS) is 15.7. The van der Waals surface area contributed by atoms with Gasteiger partial charge in [-0.15, -0.1) is 0 Å². The summed E-state index contributed by atoms with van der Waals surface area (Å²) in [6, 6.07) is 0. The van der Waals surface area contributed by atoms with Crippen LogP contribution in [0.3, 0.4) is 0 Å². The first-order chi connectivity index (χ1) is 6.28. The first kappa shape index (κ1) is 13.0. The van der Waals surface area contributed by atoms with Gasteiger partial charge in [-0.25, -0.2) is 5.11 Å². The molecule has 1 heteroatoms. The maximum atomic E-state index is 10.5. The van der Waals surface area contributed by atoms with Gasteiger partial charge in [-0.2, -0.15) is 0 Å². The summed E-state index contributed by atoms with van der Waals surface area (Å²) in [6.45, 7) is 6.83. The first-order valence-corrected chi connectivity index (χ1v) is 5.86. The Bertz CT molecular complexity index is 89.3. The molecular weight excluding hydrogens is 160 g/mol. The van der Waals surface area contributed by atoms with Gasteiger partial charge in [0.25, 0.3) is 0 Å². The van der Waals surface area contributed by atoms with Crippen LogP contribution in [0.2, 0.25) is 0 Å². The molecule has 0 bridgehead atoms. The predicted octanol–water partition coefficient (Wildman–Crippen LogP) is 4.05. The molecule has 0 aliphatic carbocycles. The van der Waals surface area contributed by atoms with E-state index < -0.39 is 0 Å². The van der Waals surface area contributed by atoms with Crippen molar-refractivity contribution in [2.24, 2.45) is 11.8 Å². The Morgan fingerprint density at radius 2 is 1.46 bits per heavy atom. The molecule has 79 valence electrons. The van der Waals surface area contributed by atoms with Crippen LogP contribution in [0.25, 0.3) is 0 Å². The van der Waals surface area contributed by atoms with Gasteiger partial charge in [0, 0.05) is 0 Å². The molecule has 0 aliphatic heterocycles. The third kappa shape index (κ3) is 6.09. The Kier molecular flexibility index (Phi) is 8.53. The highest BCUT2D eigenvalue weighted by molar-refractivity contribution is 4.64. The molecule has 0 fully saturated rings. The van der Waals surface area contributed by atoms with Crippen LogP contribution in [0, 0.1) is 11.8 Å². The standard InChI is InChI=1S/C12H25O/c1-4-7-11(5-2)10-12(6-3)8-9-13/h11-12H,4-10H2,1-3H3. The third-order valence-corrected chi connectivity index (χ3v) is 3.04. The molecule has 0 aromatic rings. The second kappa shape index (κ2) is 8.55. The Morgan fingerprint density at radius 3 is 1.85 bits per heavy atom. The summed E-state index contributed by atoms with van der Waals surface area (Å²) >= 11 is 0. The van der Waals surface area contributed by atoms with Crippen LogP contribution in [0.5, 0.6) is 0 Å². The molecule has 1 nitrogen and oxygen atoms in total. The Labute approximate surface area is 83.5 Å². The Morgan fingerprint density at radius 1 is 0.923 bits per heavy atom. The molecule has 0 heterocycles. The van der Waals surface area contributed by atoms with E-state index in [0.29, 0.717) is 5.92 Å². The largest absolute Gasteiger partial charge is 0.237 e. The van der Waals surface area contributed by atoms with Gasteiger partial charge in [0.15, 0.2) is 0 Å². The van der Waals surface area contributed by atoms with Crippen molar-refractivity contribution in [1.29, 1.82) is 0 Å². The molecule has 13 heavy (non-hydrogen) atoms. The zero-order valence-electron chi connectivity index (χ0n) is 9.51. The van der Waals surface area contributed by atoms with Crippen molar-refractivity contribution in [3.05, 3.63) is 0 Å². The van der Waals surface area contributed by atoms with Crippen molar-refractivity contribution in [2.45, 2.75) is 59.3 Å². The molecular formula is C12H25O. The molecule has 0 aliphatic rings. The lowest BCUT2D eigenvalue weighted by atomic mass is 9.86. The second-order valence-electron chi connectivity index (χ2n) is 4.07. The van der Waals surface area contributed by atoms with Crippen LogP contribution in [0.1, 0.15) is 59.3 Å². The second-order valence-corrected chi connectivity index (χ2v) is 4.07. The van der Waals surface area contributed by atoms with E-state index in [2.05, 4.69) is 20.8 Å². The van der Waals surface area contributed by atoms with Crippen molar-refractivity contribution in [1.82, 2.24) is 0 Å². The summed E-state index contributed by atoms with van der Waals surface area (Å²) in [4.78, 5) is 0. The highest BCUT2D eigenvalue weighted by atomic mass is 16.3. The van der Waals surface area contributed by atoms with Gasteiger partial charge in [-0.05, 0) is 24.7 Å². The lowest BCUT2D eigenvalue weighted by molar-refractivity contribution is 0.159. The fraction of sp³-hybridized carbons (Fsp3) is 1.00. The summed E-state index contributed by atoms with van der Waals surface area (Å²) in [6.07, 6.45) is 7.25. The van der Waals surface area contributed by atoms with Crippen LogP contribution in [-0.4, -0.2) is 6.61 Å². The number of rotatable bonds is 8. The van der Waals surface area contributed by atoms with Gasteiger partial charge in [0.05, 0.1) is 6.61 Å². The van der Waals surface area contributed by atoms with E-state index in [-0.39, 0.29) is 6.61 Å². The molecule has 1 radical (unpaired) electrons. The molecule has 0 saturated carbocycles. The lowest BCUT2D eigenvalue weighted by Crippen LogP contribution is -2.09. The summed E-state index contributed by atoms with van der Waals surface area (Å²) in [5.74, 6) is 1.55. The maximum absolute atomic E-state index is 10.5. The molecule has 0 saturated heterocycles. The zero-order chi connectivity index (χ0) is 10.1. The smallest absolute Gasteiger partial charge is 0.0825 e. The van der Waals surface area contributed by atoms with Crippen molar-refractivity contribution >= 4 is 0 Å². The third-order valence-electron chi connectivity index (χ3n) is 3.04. The van der Waals surface area contributed by atoms with Crippen LogP contribution < -0.4 is 0 Å². The highest BCUT2D eigenvalue weighted by Crippen LogP contribution is 2.24. The van der Waals surface area contributed by atoms with Crippen LogP contribution in [-0.2, 0) is 5.11 Å². The molecule has 0 N–H and O–H groups in total. The highest BCUT2D eigenvalue weighted by Gasteiger charge is 2.12.